The smallest absolute Gasteiger partial charge is 0.0942 e. The topological polar surface area (TPSA) is 67.6 Å². The van der Waals surface area contributed by atoms with Crippen molar-refractivity contribution in [3.63, 3.8) is 0 Å². The SMILES string of the molecule is Cc1ncccc1-c1cc(CN)[nH]n1. The molecule has 0 aliphatic heterocycles. The van der Waals surface area contributed by atoms with E-state index in [0.29, 0.717) is 6.54 Å². The maximum Gasteiger partial charge on any atom is 0.0942 e. The fraction of sp³-hybridized carbons (Fsp3) is 0.200. The molecule has 2 aromatic rings. The summed E-state index contributed by atoms with van der Waals surface area (Å²) in [6, 6.07) is 5.85. The van der Waals surface area contributed by atoms with E-state index in [2.05, 4.69) is 15.2 Å². The van der Waals surface area contributed by atoms with Crippen LogP contribution < -0.4 is 5.73 Å². The number of H-pyrrole nitrogens is 1. The van der Waals surface area contributed by atoms with Gasteiger partial charge in [-0.05, 0) is 25.1 Å². The average Bonchev–Trinajstić information content (AvgIpc) is 2.67. The molecule has 4 heteroatoms. The van der Waals surface area contributed by atoms with E-state index in [1.807, 2.05) is 25.1 Å². The van der Waals surface area contributed by atoms with E-state index in [4.69, 9.17) is 5.73 Å². The fourth-order valence-electron chi connectivity index (χ4n) is 1.36. The molecular formula is C10H12N4. The molecule has 4 nitrogen and oxygen atoms in total. The number of aryl methyl sites for hydroxylation is 1. The quantitative estimate of drug-likeness (QED) is 0.745. The van der Waals surface area contributed by atoms with Crippen molar-refractivity contribution in [2.45, 2.75) is 13.5 Å². The van der Waals surface area contributed by atoms with Gasteiger partial charge < -0.3 is 5.73 Å². The highest BCUT2D eigenvalue weighted by Gasteiger charge is 2.05. The van der Waals surface area contributed by atoms with E-state index in [0.717, 1.165) is 22.6 Å². The number of rotatable bonds is 2. The molecule has 72 valence electrons. The van der Waals surface area contributed by atoms with E-state index in [-0.39, 0.29) is 0 Å². The Morgan fingerprint density at radius 2 is 2.36 bits per heavy atom. The van der Waals surface area contributed by atoms with Crippen LogP contribution in [0.15, 0.2) is 24.4 Å². The largest absolute Gasteiger partial charge is 0.325 e. The van der Waals surface area contributed by atoms with Gasteiger partial charge in [0, 0.05) is 29.7 Å². The Labute approximate surface area is 82.2 Å². The van der Waals surface area contributed by atoms with E-state index in [1.54, 1.807) is 6.20 Å². The molecule has 0 aromatic carbocycles. The maximum atomic E-state index is 5.49. The van der Waals surface area contributed by atoms with Gasteiger partial charge in [-0.1, -0.05) is 0 Å². The number of pyridine rings is 1. The van der Waals surface area contributed by atoms with Crippen molar-refractivity contribution < 1.29 is 0 Å². The average molecular weight is 188 g/mol. The lowest BCUT2D eigenvalue weighted by atomic mass is 10.1. The van der Waals surface area contributed by atoms with Gasteiger partial charge in [-0.3, -0.25) is 10.1 Å². The van der Waals surface area contributed by atoms with Gasteiger partial charge >= 0.3 is 0 Å². The van der Waals surface area contributed by atoms with Crippen molar-refractivity contribution in [3.8, 4) is 11.3 Å². The molecule has 0 aliphatic rings. The summed E-state index contributed by atoms with van der Waals surface area (Å²) in [5.74, 6) is 0. The first-order valence-corrected chi connectivity index (χ1v) is 4.47. The third kappa shape index (κ3) is 1.52. The molecule has 0 saturated heterocycles. The molecule has 0 unspecified atom stereocenters. The van der Waals surface area contributed by atoms with E-state index < -0.39 is 0 Å². The highest BCUT2D eigenvalue weighted by atomic mass is 15.1. The lowest BCUT2D eigenvalue weighted by molar-refractivity contribution is 0.948. The predicted octanol–water partition coefficient (Wildman–Crippen LogP) is 1.24. The molecule has 0 fully saturated rings. The van der Waals surface area contributed by atoms with Crippen LogP contribution in [0.25, 0.3) is 11.3 Å². The number of nitrogens with two attached hydrogens (primary N) is 1. The molecule has 0 saturated carbocycles. The first-order chi connectivity index (χ1) is 6.81. The fourth-order valence-corrected chi connectivity index (χ4v) is 1.36. The summed E-state index contributed by atoms with van der Waals surface area (Å²) in [5, 5.41) is 7.05. The van der Waals surface area contributed by atoms with Gasteiger partial charge in [-0.25, -0.2) is 0 Å². The number of aromatic amines is 1. The van der Waals surface area contributed by atoms with Gasteiger partial charge in [0.15, 0.2) is 0 Å². The van der Waals surface area contributed by atoms with Gasteiger partial charge in [0.2, 0.25) is 0 Å². The monoisotopic (exact) mass is 188 g/mol. The van der Waals surface area contributed by atoms with Gasteiger partial charge in [-0.2, -0.15) is 5.10 Å². The Morgan fingerprint density at radius 1 is 1.50 bits per heavy atom. The molecule has 0 atom stereocenters. The van der Waals surface area contributed by atoms with Crippen LogP contribution in [0.1, 0.15) is 11.4 Å². The van der Waals surface area contributed by atoms with Crippen molar-refractivity contribution in [2.24, 2.45) is 5.73 Å². The summed E-state index contributed by atoms with van der Waals surface area (Å²) in [5.41, 5.74) is 9.34. The first-order valence-electron chi connectivity index (χ1n) is 4.47. The zero-order valence-corrected chi connectivity index (χ0v) is 7.99. The standard InChI is InChI=1S/C10H12N4/c1-7-9(3-2-4-12-7)10-5-8(6-11)13-14-10/h2-5H,6,11H2,1H3,(H,13,14). The van der Waals surface area contributed by atoms with Crippen molar-refractivity contribution in [3.05, 3.63) is 35.8 Å². The number of hydrogen-bond donors (Lipinski definition) is 2. The Bertz CT molecular complexity index is 433. The van der Waals surface area contributed by atoms with Crippen molar-refractivity contribution in [1.29, 1.82) is 0 Å². The third-order valence-electron chi connectivity index (χ3n) is 2.13. The van der Waals surface area contributed by atoms with Crippen LogP contribution in [0.5, 0.6) is 0 Å². The molecule has 14 heavy (non-hydrogen) atoms. The third-order valence-corrected chi connectivity index (χ3v) is 2.13. The number of nitrogens with one attached hydrogen (secondary N) is 1. The van der Waals surface area contributed by atoms with E-state index >= 15 is 0 Å². The van der Waals surface area contributed by atoms with Crippen LogP contribution in [0.3, 0.4) is 0 Å². The summed E-state index contributed by atoms with van der Waals surface area (Å²) >= 11 is 0. The van der Waals surface area contributed by atoms with Crippen LogP contribution in [-0.4, -0.2) is 15.2 Å². The Kier molecular flexibility index (Phi) is 2.28. The number of hydrogen-bond acceptors (Lipinski definition) is 3. The second kappa shape index (κ2) is 3.59. The maximum absolute atomic E-state index is 5.49. The molecule has 0 amide bonds. The van der Waals surface area contributed by atoms with Crippen LogP contribution >= 0.6 is 0 Å². The van der Waals surface area contributed by atoms with Crippen LogP contribution in [0, 0.1) is 6.92 Å². The molecule has 3 N–H and O–H groups in total. The molecule has 2 aromatic heterocycles. The summed E-state index contributed by atoms with van der Waals surface area (Å²) in [4.78, 5) is 4.21. The summed E-state index contributed by atoms with van der Waals surface area (Å²) < 4.78 is 0. The van der Waals surface area contributed by atoms with Gasteiger partial charge in [0.25, 0.3) is 0 Å². The van der Waals surface area contributed by atoms with E-state index in [9.17, 15) is 0 Å². The summed E-state index contributed by atoms with van der Waals surface area (Å²) in [6.07, 6.45) is 1.77. The van der Waals surface area contributed by atoms with Gasteiger partial charge in [0.05, 0.1) is 5.69 Å². The molecule has 0 bridgehead atoms. The van der Waals surface area contributed by atoms with Crippen molar-refractivity contribution in [1.82, 2.24) is 15.2 Å². The lowest BCUT2D eigenvalue weighted by Crippen LogP contribution is -1.95. The zero-order valence-electron chi connectivity index (χ0n) is 7.99. The molecular weight excluding hydrogens is 176 g/mol. The van der Waals surface area contributed by atoms with Crippen LogP contribution in [-0.2, 0) is 6.54 Å². The van der Waals surface area contributed by atoms with Crippen molar-refractivity contribution in [2.75, 3.05) is 0 Å². The molecule has 0 spiro atoms. The van der Waals surface area contributed by atoms with E-state index in [1.165, 1.54) is 0 Å². The summed E-state index contributed by atoms with van der Waals surface area (Å²) in [7, 11) is 0. The second-order valence-electron chi connectivity index (χ2n) is 3.12. The van der Waals surface area contributed by atoms with Crippen molar-refractivity contribution >= 4 is 0 Å². The number of aromatic nitrogens is 3. The minimum atomic E-state index is 0.478. The van der Waals surface area contributed by atoms with Gasteiger partial charge in [-0.15, -0.1) is 0 Å². The Balaban J connectivity index is 2.44. The normalized spacial score (nSPS) is 10.4. The Morgan fingerprint density at radius 3 is 3.00 bits per heavy atom. The highest BCUT2D eigenvalue weighted by molar-refractivity contribution is 5.61. The van der Waals surface area contributed by atoms with Gasteiger partial charge in [0.1, 0.15) is 0 Å². The minimum absolute atomic E-state index is 0.478. The molecule has 0 aliphatic carbocycles. The molecule has 0 radical (unpaired) electrons. The number of nitrogens with zero attached hydrogens (tertiary/aromatic N) is 2. The zero-order chi connectivity index (χ0) is 9.97. The molecule has 2 heterocycles. The highest BCUT2D eigenvalue weighted by Crippen LogP contribution is 2.19. The predicted molar refractivity (Wildman–Crippen MR) is 54.4 cm³/mol. The van der Waals surface area contributed by atoms with Crippen LogP contribution in [0.2, 0.25) is 0 Å². The summed E-state index contributed by atoms with van der Waals surface area (Å²) in [6.45, 7) is 2.44. The first kappa shape index (κ1) is 8.90. The second-order valence-corrected chi connectivity index (χ2v) is 3.12. The molecule has 2 rings (SSSR count). The lowest BCUT2D eigenvalue weighted by Gasteiger charge is -1.98. The Hall–Kier alpha value is -1.68. The van der Waals surface area contributed by atoms with Crippen LogP contribution in [0.4, 0.5) is 0 Å². The minimum Gasteiger partial charge on any atom is -0.325 e.